The van der Waals surface area contributed by atoms with E-state index in [0.29, 0.717) is 30.0 Å². The number of likely N-dealkylation sites (tertiary alicyclic amines) is 1. The minimum Gasteiger partial charge on any atom is -0.462 e. The summed E-state index contributed by atoms with van der Waals surface area (Å²) in [6, 6.07) is 0. The topological polar surface area (TPSA) is 74.4 Å². The van der Waals surface area contributed by atoms with Crippen LogP contribution in [-0.4, -0.2) is 48.0 Å². The van der Waals surface area contributed by atoms with Gasteiger partial charge in [0.2, 0.25) is 5.91 Å². The van der Waals surface area contributed by atoms with Gasteiger partial charge in [-0.15, -0.1) is 0 Å². The number of H-pyrrole nitrogens is 1. The lowest BCUT2D eigenvalue weighted by atomic mass is 10.2. The Labute approximate surface area is 124 Å². The molecule has 6 nitrogen and oxygen atoms in total. The third-order valence-electron chi connectivity index (χ3n) is 3.68. The molecule has 0 radical (unpaired) electrons. The molecule has 0 atom stereocenters. The Morgan fingerprint density at radius 1 is 1.38 bits per heavy atom. The van der Waals surface area contributed by atoms with E-state index in [1.807, 2.05) is 0 Å². The molecule has 2 N–H and O–H groups in total. The van der Waals surface area contributed by atoms with E-state index in [-0.39, 0.29) is 5.91 Å². The summed E-state index contributed by atoms with van der Waals surface area (Å²) in [5, 5.41) is 2.80. The van der Waals surface area contributed by atoms with Gasteiger partial charge in [0.1, 0.15) is 5.56 Å². The molecule has 1 amide bonds. The van der Waals surface area contributed by atoms with Crippen molar-refractivity contribution in [1.82, 2.24) is 9.88 Å². The lowest BCUT2D eigenvalue weighted by Gasteiger charge is -2.14. The van der Waals surface area contributed by atoms with E-state index in [2.05, 4.69) is 15.2 Å². The summed E-state index contributed by atoms with van der Waals surface area (Å²) in [4.78, 5) is 29.1. The molecule has 1 fully saturated rings. The molecule has 2 heterocycles. The van der Waals surface area contributed by atoms with E-state index in [1.165, 1.54) is 12.8 Å². The fourth-order valence-electron chi connectivity index (χ4n) is 2.57. The highest BCUT2D eigenvalue weighted by Gasteiger charge is 2.19. The number of esters is 1. The van der Waals surface area contributed by atoms with Gasteiger partial charge in [0.15, 0.2) is 0 Å². The van der Waals surface area contributed by atoms with Gasteiger partial charge in [-0.1, -0.05) is 0 Å². The van der Waals surface area contributed by atoms with Crippen LogP contribution in [0.25, 0.3) is 0 Å². The van der Waals surface area contributed by atoms with Crippen molar-refractivity contribution < 1.29 is 14.3 Å². The second-order valence-electron chi connectivity index (χ2n) is 5.27. The lowest BCUT2D eigenvalue weighted by molar-refractivity contribution is -0.116. The monoisotopic (exact) mass is 293 g/mol. The molecule has 2 rings (SSSR count). The van der Waals surface area contributed by atoms with E-state index in [1.54, 1.807) is 20.0 Å². The minimum atomic E-state index is -0.411. The summed E-state index contributed by atoms with van der Waals surface area (Å²) in [5.41, 5.74) is 1.60. The molecule has 0 aromatic carbocycles. The van der Waals surface area contributed by atoms with Crippen LogP contribution in [0, 0.1) is 6.92 Å². The van der Waals surface area contributed by atoms with Gasteiger partial charge in [-0.05, 0) is 39.8 Å². The van der Waals surface area contributed by atoms with E-state index >= 15 is 0 Å². The fourth-order valence-corrected chi connectivity index (χ4v) is 2.57. The quantitative estimate of drug-likeness (QED) is 0.786. The molecule has 1 saturated heterocycles. The van der Waals surface area contributed by atoms with Crippen molar-refractivity contribution in [2.45, 2.75) is 33.1 Å². The smallest absolute Gasteiger partial charge is 0.342 e. The third-order valence-corrected chi connectivity index (χ3v) is 3.68. The van der Waals surface area contributed by atoms with Crippen molar-refractivity contribution in [3.05, 3.63) is 17.5 Å². The standard InChI is InChI=1S/C15H23N3O3/c1-3-21-15(20)14-11(2)16-10-12(14)17-13(19)6-9-18-7-4-5-8-18/h10,16H,3-9H2,1-2H3,(H,17,19). The van der Waals surface area contributed by atoms with Crippen molar-refractivity contribution in [3.8, 4) is 0 Å². The summed E-state index contributed by atoms with van der Waals surface area (Å²) in [6.45, 7) is 6.77. The number of rotatable bonds is 6. The number of hydrogen-bond acceptors (Lipinski definition) is 4. The maximum Gasteiger partial charge on any atom is 0.342 e. The van der Waals surface area contributed by atoms with Crippen molar-refractivity contribution in [1.29, 1.82) is 0 Å². The van der Waals surface area contributed by atoms with Crippen LogP contribution in [0.5, 0.6) is 0 Å². The Hall–Kier alpha value is -1.82. The van der Waals surface area contributed by atoms with Gasteiger partial charge in [0.25, 0.3) is 0 Å². The molecule has 1 aromatic heterocycles. The van der Waals surface area contributed by atoms with Crippen LogP contribution >= 0.6 is 0 Å². The SMILES string of the molecule is CCOC(=O)c1c(NC(=O)CCN2CCCC2)c[nH]c1C. The number of carbonyl (C=O) groups excluding carboxylic acids is 2. The molecule has 116 valence electrons. The average molecular weight is 293 g/mol. The zero-order chi connectivity index (χ0) is 15.2. The molecular weight excluding hydrogens is 270 g/mol. The summed E-state index contributed by atoms with van der Waals surface area (Å²) in [5.74, 6) is -0.488. The van der Waals surface area contributed by atoms with Gasteiger partial charge in [0.05, 0.1) is 12.3 Å². The molecule has 1 aliphatic heterocycles. The highest BCUT2D eigenvalue weighted by molar-refractivity contribution is 6.02. The molecule has 21 heavy (non-hydrogen) atoms. The van der Waals surface area contributed by atoms with Gasteiger partial charge in [-0.25, -0.2) is 4.79 Å². The Morgan fingerprint density at radius 2 is 2.10 bits per heavy atom. The van der Waals surface area contributed by atoms with Crippen molar-refractivity contribution in [2.75, 3.05) is 31.6 Å². The minimum absolute atomic E-state index is 0.0774. The van der Waals surface area contributed by atoms with Gasteiger partial charge >= 0.3 is 5.97 Å². The van der Waals surface area contributed by atoms with Gasteiger partial charge in [-0.2, -0.15) is 0 Å². The molecule has 0 spiro atoms. The molecule has 0 unspecified atom stereocenters. The maximum absolute atomic E-state index is 12.0. The first kappa shape index (κ1) is 15.6. The van der Waals surface area contributed by atoms with Crippen LogP contribution in [0.15, 0.2) is 6.20 Å². The molecule has 0 bridgehead atoms. The number of anilines is 1. The number of aryl methyl sites for hydroxylation is 1. The third kappa shape index (κ3) is 4.07. The van der Waals surface area contributed by atoms with Crippen LogP contribution in [0.4, 0.5) is 5.69 Å². The number of nitrogens with zero attached hydrogens (tertiary/aromatic N) is 1. The molecule has 1 aliphatic rings. The highest BCUT2D eigenvalue weighted by Crippen LogP contribution is 2.20. The second kappa shape index (κ2) is 7.26. The molecule has 0 aliphatic carbocycles. The number of nitrogens with one attached hydrogen (secondary N) is 2. The number of aromatic nitrogens is 1. The first-order valence-corrected chi connectivity index (χ1v) is 7.49. The largest absolute Gasteiger partial charge is 0.462 e. The number of amides is 1. The number of ether oxygens (including phenoxy) is 1. The van der Waals surface area contributed by atoms with Crippen molar-refractivity contribution >= 4 is 17.6 Å². The van der Waals surface area contributed by atoms with Crippen LogP contribution in [0.1, 0.15) is 42.2 Å². The van der Waals surface area contributed by atoms with E-state index in [0.717, 1.165) is 19.6 Å². The van der Waals surface area contributed by atoms with Crippen LogP contribution < -0.4 is 5.32 Å². The number of aromatic amines is 1. The molecular formula is C15H23N3O3. The number of hydrogen-bond donors (Lipinski definition) is 2. The van der Waals surface area contributed by atoms with E-state index in [9.17, 15) is 9.59 Å². The van der Waals surface area contributed by atoms with Crippen LogP contribution in [-0.2, 0) is 9.53 Å². The molecule has 0 saturated carbocycles. The number of carbonyl (C=O) groups is 2. The highest BCUT2D eigenvalue weighted by atomic mass is 16.5. The predicted molar refractivity (Wildman–Crippen MR) is 80.4 cm³/mol. The average Bonchev–Trinajstić information content (AvgIpc) is 3.07. The Kier molecular flexibility index (Phi) is 5.38. The first-order valence-electron chi connectivity index (χ1n) is 7.49. The zero-order valence-corrected chi connectivity index (χ0v) is 12.7. The van der Waals surface area contributed by atoms with Gasteiger partial charge in [0, 0.05) is 24.9 Å². The van der Waals surface area contributed by atoms with Crippen molar-refractivity contribution in [2.24, 2.45) is 0 Å². The zero-order valence-electron chi connectivity index (χ0n) is 12.7. The molecule has 1 aromatic rings. The second-order valence-corrected chi connectivity index (χ2v) is 5.27. The predicted octanol–water partition coefficient (Wildman–Crippen LogP) is 1.92. The molecule has 6 heteroatoms. The van der Waals surface area contributed by atoms with E-state index in [4.69, 9.17) is 4.74 Å². The fraction of sp³-hybridized carbons (Fsp3) is 0.600. The first-order chi connectivity index (χ1) is 10.1. The van der Waals surface area contributed by atoms with Crippen LogP contribution in [0.3, 0.4) is 0 Å². The van der Waals surface area contributed by atoms with Crippen LogP contribution in [0.2, 0.25) is 0 Å². The summed E-state index contributed by atoms with van der Waals surface area (Å²) < 4.78 is 5.01. The normalized spacial score (nSPS) is 15.1. The Balaban J connectivity index is 1.92. The Bertz CT molecular complexity index is 504. The Morgan fingerprint density at radius 3 is 2.76 bits per heavy atom. The van der Waals surface area contributed by atoms with Gasteiger partial charge < -0.3 is 19.9 Å². The summed E-state index contributed by atoms with van der Waals surface area (Å²) in [6.07, 6.45) is 4.50. The van der Waals surface area contributed by atoms with Gasteiger partial charge in [-0.3, -0.25) is 4.79 Å². The lowest BCUT2D eigenvalue weighted by Crippen LogP contribution is -2.25. The van der Waals surface area contributed by atoms with Crippen molar-refractivity contribution in [3.63, 3.8) is 0 Å². The van der Waals surface area contributed by atoms with E-state index < -0.39 is 5.97 Å². The summed E-state index contributed by atoms with van der Waals surface area (Å²) >= 11 is 0. The summed E-state index contributed by atoms with van der Waals surface area (Å²) in [7, 11) is 0. The maximum atomic E-state index is 12.0.